The van der Waals surface area contributed by atoms with Crippen LogP contribution in [0.25, 0.3) is 0 Å². The molecule has 0 atom stereocenters. The quantitative estimate of drug-likeness (QED) is 0.816. The van der Waals surface area contributed by atoms with E-state index in [1.165, 1.54) is 0 Å². The molecule has 0 bridgehead atoms. The van der Waals surface area contributed by atoms with E-state index in [0.717, 1.165) is 31.6 Å². The topological polar surface area (TPSA) is 84.4 Å². The summed E-state index contributed by atoms with van der Waals surface area (Å²) in [6, 6.07) is 10.3. The van der Waals surface area contributed by atoms with Gasteiger partial charge in [-0.3, -0.25) is 4.79 Å². The highest BCUT2D eigenvalue weighted by molar-refractivity contribution is 5.92. The Hall–Kier alpha value is -2.96. The molecule has 0 saturated carbocycles. The zero-order valence-electron chi connectivity index (χ0n) is 15.6. The van der Waals surface area contributed by atoms with Crippen molar-refractivity contribution >= 4 is 23.4 Å². The molecule has 0 spiro atoms. The molecule has 1 N–H and O–H groups in total. The minimum Gasteiger partial charge on any atom is -0.462 e. The number of likely N-dealkylation sites (tertiary alicyclic amines) is 1. The molecule has 2 heterocycles. The molecular formula is C20H24N4O3. The van der Waals surface area contributed by atoms with E-state index in [2.05, 4.69) is 22.4 Å². The lowest BCUT2D eigenvalue weighted by molar-refractivity contribution is 0.0526. The number of piperidine rings is 1. The Bertz CT molecular complexity index is 782. The van der Waals surface area contributed by atoms with Crippen LogP contribution < -0.4 is 5.32 Å². The Morgan fingerprint density at radius 3 is 2.41 bits per heavy atom. The number of amides is 1. The summed E-state index contributed by atoms with van der Waals surface area (Å²) < 4.78 is 4.96. The Morgan fingerprint density at radius 2 is 1.81 bits per heavy atom. The summed E-state index contributed by atoms with van der Waals surface area (Å²) in [6.07, 6.45) is 2.06. The SMILES string of the molecule is CCOC(=O)c1ccc(Nc2ccc(C(=O)N3CCC(C)CC3)nn2)cc1. The first-order chi connectivity index (χ1) is 13.1. The van der Waals surface area contributed by atoms with Crippen LogP contribution in [0.1, 0.15) is 47.5 Å². The second-order valence-corrected chi connectivity index (χ2v) is 6.70. The second kappa shape index (κ2) is 8.62. The molecule has 0 radical (unpaired) electrons. The lowest BCUT2D eigenvalue weighted by Gasteiger charge is -2.29. The van der Waals surface area contributed by atoms with E-state index in [4.69, 9.17) is 4.74 Å². The number of rotatable bonds is 5. The van der Waals surface area contributed by atoms with Crippen LogP contribution in [0.4, 0.5) is 11.5 Å². The molecule has 1 fully saturated rings. The van der Waals surface area contributed by atoms with Crippen molar-refractivity contribution in [1.29, 1.82) is 0 Å². The first-order valence-corrected chi connectivity index (χ1v) is 9.24. The summed E-state index contributed by atoms with van der Waals surface area (Å²) in [5.74, 6) is 0.781. The number of hydrogen-bond acceptors (Lipinski definition) is 6. The molecule has 1 aliphatic rings. The van der Waals surface area contributed by atoms with Crippen LogP contribution >= 0.6 is 0 Å². The van der Waals surface area contributed by atoms with Crippen LogP contribution in [-0.2, 0) is 4.74 Å². The molecule has 2 aromatic rings. The second-order valence-electron chi connectivity index (χ2n) is 6.70. The van der Waals surface area contributed by atoms with Crippen molar-refractivity contribution in [2.75, 3.05) is 25.0 Å². The summed E-state index contributed by atoms with van der Waals surface area (Å²) in [6.45, 7) is 5.87. The molecule has 7 heteroatoms. The number of carbonyl (C=O) groups is 2. The highest BCUT2D eigenvalue weighted by atomic mass is 16.5. The van der Waals surface area contributed by atoms with Gasteiger partial charge in [0.25, 0.3) is 5.91 Å². The van der Waals surface area contributed by atoms with Crippen LogP contribution in [0.2, 0.25) is 0 Å². The van der Waals surface area contributed by atoms with E-state index < -0.39 is 0 Å². The molecule has 1 aliphatic heterocycles. The monoisotopic (exact) mass is 368 g/mol. The predicted molar refractivity (Wildman–Crippen MR) is 102 cm³/mol. The van der Waals surface area contributed by atoms with E-state index in [1.54, 1.807) is 43.3 Å². The lowest BCUT2D eigenvalue weighted by atomic mass is 9.99. The first-order valence-electron chi connectivity index (χ1n) is 9.24. The van der Waals surface area contributed by atoms with Crippen LogP contribution in [0.15, 0.2) is 36.4 Å². The van der Waals surface area contributed by atoms with Gasteiger partial charge < -0.3 is 15.0 Å². The van der Waals surface area contributed by atoms with Gasteiger partial charge in [0.1, 0.15) is 0 Å². The minimum atomic E-state index is -0.348. The molecule has 27 heavy (non-hydrogen) atoms. The van der Waals surface area contributed by atoms with Crippen molar-refractivity contribution in [3.63, 3.8) is 0 Å². The average molecular weight is 368 g/mol. The van der Waals surface area contributed by atoms with Gasteiger partial charge in [0.2, 0.25) is 0 Å². The maximum absolute atomic E-state index is 12.5. The maximum atomic E-state index is 12.5. The van der Waals surface area contributed by atoms with E-state index in [0.29, 0.717) is 29.6 Å². The molecule has 1 aromatic heterocycles. The average Bonchev–Trinajstić information content (AvgIpc) is 2.69. The fraction of sp³-hybridized carbons (Fsp3) is 0.400. The number of esters is 1. The lowest BCUT2D eigenvalue weighted by Crippen LogP contribution is -2.38. The summed E-state index contributed by atoms with van der Waals surface area (Å²) in [5, 5.41) is 11.3. The van der Waals surface area contributed by atoms with Gasteiger partial charge in [0.15, 0.2) is 11.5 Å². The molecule has 1 amide bonds. The van der Waals surface area contributed by atoms with Crippen molar-refractivity contribution < 1.29 is 14.3 Å². The Kier molecular flexibility index (Phi) is 6.01. The van der Waals surface area contributed by atoms with Gasteiger partial charge in [-0.05, 0) is 62.1 Å². The molecule has 7 nitrogen and oxygen atoms in total. The van der Waals surface area contributed by atoms with Gasteiger partial charge in [-0.15, -0.1) is 10.2 Å². The number of ether oxygens (including phenoxy) is 1. The first kappa shape index (κ1) is 18.8. The number of nitrogens with one attached hydrogen (secondary N) is 1. The Labute approximate surface area is 158 Å². The van der Waals surface area contributed by atoms with Crippen molar-refractivity contribution in [1.82, 2.24) is 15.1 Å². The van der Waals surface area contributed by atoms with Gasteiger partial charge in [0.05, 0.1) is 12.2 Å². The smallest absolute Gasteiger partial charge is 0.338 e. The zero-order chi connectivity index (χ0) is 19.2. The van der Waals surface area contributed by atoms with Crippen LogP contribution in [-0.4, -0.2) is 46.7 Å². The van der Waals surface area contributed by atoms with Gasteiger partial charge in [0, 0.05) is 18.8 Å². The van der Waals surface area contributed by atoms with Crippen molar-refractivity contribution in [3.8, 4) is 0 Å². The molecule has 0 aliphatic carbocycles. The molecule has 1 aromatic carbocycles. The van der Waals surface area contributed by atoms with Crippen molar-refractivity contribution in [2.45, 2.75) is 26.7 Å². The minimum absolute atomic E-state index is 0.0697. The third kappa shape index (κ3) is 4.81. The zero-order valence-corrected chi connectivity index (χ0v) is 15.6. The number of aromatic nitrogens is 2. The number of benzene rings is 1. The van der Waals surface area contributed by atoms with Crippen molar-refractivity contribution in [3.05, 3.63) is 47.7 Å². The molecule has 142 valence electrons. The number of carbonyl (C=O) groups excluding carboxylic acids is 2. The molecule has 3 rings (SSSR count). The standard InChI is InChI=1S/C20H24N4O3/c1-3-27-20(26)15-4-6-16(7-5-15)21-18-9-8-17(22-23-18)19(25)24-12-10-14(2)11-13-24/h4-9,14H,3,10-13H2,1-2H3,(H,21,23). The Balaban J connectivity index is 1.60. The largest absolute Gasteiger partial charge is 0.462 e. The summed E-state index contributed by atoms with van der Waals surface area (Å²) >= 11 is 0. The fourth-order valence-corrected chi connectivity index (χ4v) is 2.94. The number of anilines is 2. The molecular weight excluding hydrogens is 344 g/mol. The predicted octanol–water partition coefficient (Wildman–Crippen LogP) is 3.27. The molecule has 1 saturated heterocycles. The fourth-order valence-electron chi connectivity index (χ4n) is 2.94. The van der Waals surface area contributed by atoms with Gasteiger partial charge >= 0.3 is 5.97 Å². The normalized spacial score (nSPS) is 14.7. The van der Waals surface area contributed by atoms with E-state index in [-0.39, 0.29) is 11.9 Å². The Morgan fingerprint density at radius 1 is 1.11 bits per heavy atom. The van der Waals surface area contributed by atoms with E-state index >= 15 is 0 Å². The summed E-state index contributed by atoms with van der Waals surface area (Å²) in [4.78, 5) is 26.0. The van der Waals surface area contributed by atoms with Crippen LogP contribution in [0, 0.1) is 5.92 Å². The molecule has 0 unspecified atom stereocenters. The van der Waals surface area contributed by atoms with E-state index in [1.807, 2.05) is 4.90 Å². The van der Waals surface area contributed by atoms with Crippen LogP contribution in [0.3, 0.4) is 0 Å². The van der Waals surface area contributed by atoms with Crippen molar-refractivity contribution in [2.24, 2.45) is 5.92 Å². The highest BCUT2D eigenvalue weighted by Crippen LogP contribution is 2.19. The summed E-state index contributed by atoms with van der Waals surface area (Å²) in [5.41, 5.74) is 1.61. The maximum Gasteiger partial charge on any atom is 0.338 e. The third-order valence-corrected chi connectivity index (χ3v) is 4.62. The summed E-state index contributed by atoms with van der Waals surface area (Å²) in [7, 11) is 0. The van der Waals surface area contributed by atoms with E-state index in [9.17, 15) is 9.59 Å². The van der Waals surface area contributed by atoms with Gasteiger partial charge in [-0.2, -0.15) is 0 Å². The van der Waals surface area contributed by atoms with Gasteiger partial charge in [-0.1, -0.05) is 6.92 Å². The number of hydrogen-bond donors (Lipinski definition) is 1. The highest BCUT2D eigenvalue weighted by Gasteiger charge is 2.22. The van der Waals surface area contributed by atoms with Crippen LogP contribution in [0.5, 0.6) is 0 Å². The van der Waals surface area contributed by atoms with Gasteiger partial charge in [-0.25, -0.2) is 4.79 Å². The third-order valence-electron chi connectivity index (χ3n) is 4.62. The number of nitrogens with zero attached hydrogens (tertiary/aromatic N) is 3.